The number of likely N-dealkylation sites (tertiary alicyclic amines) is 1. The second-order valence-electron chi connectivity index (χ2n) is 6.19. The van der Waals surface area contributed by atoms with Crippen molar-refractivity contribution in [1.29, 1.82) is 0 Å². The van der Waals surface area contributed by atoms with Crippen LogP contribution in [0.5, 0.6) is 0 Å². The molecule has 0 saturated carbocycles. The van der Waals surface area contributed by atoms with E-state index in [1.54, 1.807) is 11.8 Å². The summed E-state index contributed by atoms with van der Waals surface area (Å²) in [6.07, 6.45) is 3.83. The van der Waals surface area contributed by atoms with Gasteiger partial charge in [0.15, 0.2) is 0 Å². The molecule has 0 radical (unpaired) electrons. The van der Waals surface area contributed by atoms with E-state index in [0.717, 1.165) is 19.3 Å². The molecule has 0 aliphatic carbocycles. The molecular weight excluding hydrogens is 246 g/mol. The quantitative estimate of drug-likeness (QED) is 0.828. The van der Waals surface area contributed by atoms with Gasteiger partial charge in [0, 0.05) is 19.7 Å². The van der Waals surface area contributed by atoms with Crippen LogP contribution in [0.3, 0.4) is 0 Å². The van der Waals surface area contributed by atoms with Gasteiger partial charge < -0.3 is 14.7 Å². The van der Waals surface area contributed by atoms with Crippen molar-refractivity contribution < 1.29 is 19.4 Å². The molecule has 0 bridgehead atoms. The maximum Gasteiger partial charge on any atom is 0.309 e. The number of carboxylic acid groups (broad SMARTS) is 1. The molecule has 19 heavy (non-hydrogen) atoms. The van der Waals surface area contributed by atoms with E-state index in [-0.39, 0.29) is 5.91 Å². The minimum Gasteiger partial charge on any atom is -0.481 e. The van der Waals surface area contributed by atoms with Gasteiger partial charge in [0.25, 0.3) is 5.91 Å². The van der Waals surface area contributed by atoms with Crippen LogP contribution < -0.4 is 0 Å². The van der Waals surface area contributed by atoms with Gasteiger partial charge in [-0.15, -0.1) is 0 Å². The molecular formula is C14H23NO4. The van der Waals surface area contributed by atoms with Crippen LogP contribution in [-0.4, -0.2) is 47.2 Å². The van der Waals surface area contributed by atoms with Gasteiger partial charge in [-0.1, -0.05) is 0 Å². The predicted molar refractivity (Wildman–Crippen MR) is 69.8 cm³/mol. The van der Waals surface area contributed by atoms with Crippen molar-refractivity contribution in [3.63, 3.8) is 0 Å². The Morgan fingerprint density at radius 2 is 1.74 bits per heavy atom. The first-order chi connectivity index (χ1) is 8.87. The van der Waals surface area contributed by atoms with E-state index in [0.29, 0.717) is 32.5 Å². The summed E-state index contributed by atoms with van der Waals surface area (Å²) in [7, 11) is 0. The first-order valence-electron chi connectivity index (χ1n) is 7.04. The van der Waals surface area contributed by atoms with E-state index in [1.807, 2.05) is 6.92 Å². The molecule has 0 spiro atoms. The van der Waals surface area contributed by atoms with Gasteiger partial charge >= 0.3 is 5.97 Å². The summed E-state index contributed by atoms with van der Waals surface area (Å²) in [4.78, 5) is 25.5. The summed E-state index contributed by atoms with van der Waals surface area (Å²) in [5, 5.41) is 9.19. The Labute approximate surface area is 113 Å². The molecule has 108 valence electrons. The second kappa shape index (κ2) is 5.12. The molecule has 5 heteroatoms. The van der Waals surface area contributed by atoms with Crippen molar-refractivity contribution in [3.8, 4) is 0 Å². The van der Waals surface area contributed by atoms with Crippen molar-refractivity contribution in [2.24, 2.45) is 5.41 Å². The molecule has 0 aromatic rings. The zero-order valence-electron chi connectivity index (χ0n) is 11.8. The van der Waals surface area contributed by atoms with E-state index >= 15 is 0 Å². The number of aliphatic carboxylic acids is 1. The molecule has 2 saturated heterocycles. The van der Waals surface area contributed by atoms with E-state index in [9.17, 15) is 14.7 Å². The zero-order valence-corrected chi connectivity index (χ0v) is 11.8. The Bertz CT molecular complexity index is 366. The van der Waals surface area contributed by atoms with E-state index in [1.165, 1.54) is 0 Å². The molecule has 2 aliphatic rings. The van der Waals surface area contributed by atoms with Crippen LogP contribution in [0.15, 0.2) is 0 Å². The third-order valence-electron chi connectivity index (χ3n) is 4.59. The highest BCUT2D eigenvalue weighted by Crippen LogP contribution is 2.34. The monoisotopic (exact) mass is 269 g/mol. The lowest BCUT2D eigenvalue weighted by Crippen LogP contribution is -2.54. The number of rotatable bonds is 2. The Morgan fingerprint density at radius 3 is 2.21 bits per heavy atom. The summed E-state index contributed by atoms with van der Waals surface area (Å²) in [6.45, 7) is 5.29. The molecule has 0 aromatic heterocycles. The normalized spacial score (nSPS) is 30.9. The van der Waals surface area contributed by atoms with Crippen molar-refractivity contribution in [3.05, 3.63) is 0 Å². The molecule has 2 fully saturated rings. The highest BCUT2D eigenvalue weighted by atomic mass is 16.5. The maximum atomic E-state index is 12.5. The van der Waals surface area contributed by atoms with Crippen LogP contribution in [0.1, 0.15) is 46.0 Å². The maximum absolute atomic E-state index is 12.5. The van der Waals surface area contributed by atoms with Gasteiger partial charge in [-0.25, -0.2) is 0 Å². The summed E-state index contributed by atoms with van der Waals surface area (Å²) >= 11 is 0. The lowest BCUT2D eigenvalue weighted by Gasteiger charge is -2.41. The minimum absolute atomic E-state index is 0.0274. The van der Waals surface area contributed by atoms with Gasteiger partial charge in [0.1, 0.15) is 5.60 Å². The van der Waals surface area contributed by atoms with Gasteiger partial charge in [-0.2, -0.15) is 0 Å². The Balaban J connectivity index is 1.97. The highest BCUT2D eigenvalue weighted by molar-refractivity contribution is 5.85. The van der Waals surface area contributed by atoms with Crippen molar-refractivity contribution in [2.75, 3.05) is 19.7 Å². The van der Waals surface area contributed by atoms with Crippen LogP contribution in [0.2, 0.25) is 0 Å². The lowest BCUT2D eigenvalue weighted by atomic mass is 9.80. The number of carboxylic acids is 1. The van der Waals surface area contributed by atoms with Gasteiger partial charge in [0.2, 0.25) is 0 Å². The summed E-state index contributed by atoms with van der Waals surface area (Å²) < 4.78 is 5.67. The number of piperidine rings is 1. The number of nitrogens with zero attached hydrogens (tertiary/aromatic N) is 1. The number of hydrogen-bond donors (Lipinski definition) is 1. The van der Waals surface area contributed by atoms with Crippen molar-refractivity contribution >= 4 is 11.9 Å². The van der Waals surface area contributed by atoms with E-state index in [4.69, 9.17) is 4.74 Å². The molecule has 5 nitrogen and oxygen atoms in total. The number of carbonyl (C=O) groups excluding carboxylic acids is 1. The third-order valence-corrected chi connectivity index (χ3v) is 4.59. The molecule has 1 amide bonds. The SMILES string of the molecule is CC1(C(=O)O)CCN(C(=O)[C@@]2(C)CCCCO2)CC1. The fourth-order valence-corrected chi connectivity index (χ4v) is 2.85. The fourth-order valence-electron chi connectivity index (χ4n) is 2.85. The standard InChI is InChI=1S/C14H23NO4/c1-13(12(17)18)6-8-15(9-7-13)11(16)14(2)5-3-4-10-19-14/h3-10H2,1-2H3,(H,17,18)/t14-/m1/s1. The number of carbonyl (C=O) groups is 2. The smallest absolute Gasteiger partial charge is 0.309 e. The van der Waals surface area contributed by atoms with Crippen LogP contribution in [0.4, 0.5) is 0 Å². The van der Waals surface area contributed by atoms with Crippen molar-refractivity contribution in [1.82, 2.24) is 4.90 Å². The van der Waals surface area contributed by atoms with Gasteiger partial charge in [0.05, 0.1) is 5.41 Å². The first kappa shape index (κ1) is 14.3. The average molecular weight is 269 g/mol. The molecule has 2 rings (SSSR count). The molecule has 0 aromatic carbocycles. The highest BCUT2D eigenvalue weighted by Gasteiger charge is 2.43. The minimum atomic E-state index is -0.764. The van der Waals surface area contributed by atoms with E-state index < -0.39 is 17.0 Å². The Morgan fingerprint density at radius 1 is 1.11 bits per heavy atom. The number of hydrogen-bond acceptors (Lipinski definition) is 3. The Hall–Kier alpha value is -1.10. The van der Waals surface area contributed by atoms with Crippen LogP contribution in [-0.2, 0) is 14.3 Å². The van der Waals surface area contributed by atoms with Gasteiger partial charge in [-0.05, 0) is 46.0 Å². The average Bonchev–Trinajstić information content (AvgIpc) is 2.39. The topological polar surface area (TPSA) is 66.8 Å². The van der Waals surface area contributed by atoms with Crippen LogP contribution >= 0.6 is 0 Å². The fraction of sp³-hybridized carbons (Fsp3) is 0.857. The lowest BCUT2D eigenvalue weighted by molar-refractivity contribution is -0.167. The predicted octanol–water partition coefficient (Wildman–Crippen LogP) is 1.66. The molecule has 0 unspecified atom stereocenters. The first-order valence-corrected chi connectivity index (χ1v) is 7.04. The van der Waals surface area contributed by atoms with E-state index in [2.05, 4.69) is 0 Å². The van der Waals surface area contributed by atoms with Crippen LogP contribution in [0, 0.1) is 5.41 Å². The van der Waals surface area contributed by atoms with Crippen LogP contribution in [0.25, 0.3) is 0 Å². The summed E-state index contributed by atoms with van der Waals surface area (Å²) in [5.41, 5.74) is -1.39. The van der Waals surface area contributed by atoms with Gasteiger partial charge in [-0.3, -0.25) is 9.59 Å². The Kier molecular flexibility index (Phi) is 3.85. The second-order valence-corrected chi connectivity index (χ2v) is 6.19. The molecule has 2 heterocycles. The molecule has 2 aliphatic heterocycles. The number of ether oxygens (including phenoxy) is 1. The summed E-state index contributed by atoms with van der Waals surface area (Å²) in [5.74, 6) is -0.737. The van der Waals surface area contributed by atoms with Crippen molar-refractivity contribution in [2.45, 2.75) is 51.6 Å². The largest absolute Gasteiger partial charge is 0.481 e. The molecule has 1 N–H and O–H groups in total. The number of amides is 1. The zero-order chi connectivity index (χ0) is 14.1. The third kappa shape index (κ3) is 2.76. The molecule has 1 atom stereocenters. The summed E-state index contributed by atoms with van der Waals surface area (Å²) in [6, 6.07) is 0.